The molecule has 1 unspecified atom stereocenters. The highest BCUT2D eigenvalue weighted by molar-refractivity contribution is 5.96. The molecule has 1 aliphatic rings. The Bertz CT molecular complexity index is 212. The summed E-state index contributed by atoms with van der Waals surface area (Å²) in [6.45, 7) is 3.58. The number of rotatable bonds is 0. The summed E-state index contributed by atoms with van der Waals surface area (Å²) in [6, 6.07) is 2.06. The molecular weight excluding hydrogens is 126 g/mol. The minimum Gasteiger partial charge on any atom is -0.295 e. The molecule has 0 aromatic heterocycles. The molecule has 52 valence electrons. The van der Waals surface area contributed by atoms with Crippen LogP contribution < -0.4 is 0 Å². The van der Waals surface area contributed by atoms with Crippen LogP contribution in [0, 0.1) is 17.2 Å². The number of carbonyl (C=O) groups is 1. The maximum absolute atomic E-state index is 10.9. The number of nitriles is 1. The van der Waals surface area contributed by atoms with Gasteiger partial charge in [-0.05, 0) is 12.8 Å². The van der Waals surface area contributed by atoms with Crippen molar-refractivity contribution in [3.8, 4) is 6.07 Å². The van der Waals surface area contributed by atoms with Crippen LogP contribution in [0.5, 0.6) is 0 Å². The van der Waals surface area contributed by atoms with E-state index in [-0.39, 0.29) is 11.7 Å². The summed E-state index contributed by atoms with van der Waals surface area (Å²) in [4.78, 5) is 10.9. The van der Waals surface area contributed by atoms with Crippen molar-refractivity contribution < 1.29 is 4.79 Å². The summed E-state index contributed by atoms with van der Waals surface area (Å²) in [5, 5.41) is 8.52. The smallest absolute Gasteiger partial charge is 0.159 e. The molecule has 1 saturated carbocycles. The fraction of sp³-hybridized carbons (Fsp3) is 0.500. The molecule has 0 aromatic rings. The van der Waals surface area contributed by atoms with E-state index in [0.29, 0.717) is 12.0 Å². The highest BCUT2D eigenvalue weighted by atomic mass is 16.1. The van der Waals surface area contributed by atoms with Crippen molar-refractivity contribution in [1.29, 1.82) is 5.26 Å². The molecule has 1 rings (SSSR count). The molecule has 1 atom stereocenters. The maximum Gasteiger partial charge on any atom is 0.159 e. The van der Waals surface area contributed by atoms with Crippen LogP contribution in [0.1, 0.15) is 19.3 Å². The van der Waals surface area contributed by atoms with Gasteiger partial charge in [-0.25, -0.2) is 0 Å². The molecule has 0 bridgehead atoms. The summed E-state index contributed by atoms with van der Waals surface area (Å²) in [6.07, 6.45) is 2.23. The van der Waals surface area contributed by atoms with Crippen molar-refractivity contribution in [2.45, 2.75) is 19.3 Å². The van der Waals surface area contributed by atoms with Crippen LogP contribution in [0.15, 0.2) is 12.2 Å². The Morgan fingerprint density at radius 3 is 2.90 bits per heavy atom. The molecule has 0 spiro atoms. The van der Waals surface area contributed by atoms with Gasteiger partial charge in [0, 0.05) is 12.0 Å². The van der Waals surface area contributed by atoms with Gasteiger partial charge < -0.3 is 0 Å². The van der Waals surface area contributed by atoms with Crippen LogP contribution >= 0.6 is 0 Å². The zero-order valence-corrected chi connectivity index (χ0v) is 5.76. The molecule has 0 amide bonds. The minimum atomic E-state index is -0.207. The predicted molar refractivity (Wildman–Crippen MR) is 37.1 cm³/mol. The van der Waals surface area contributed by atoms with E-state index in [0.717, 1.165) is 12.8 Å². The van der Waals surface area contributed by atoms with Gasteiger partial charge in [-0.15, -0.1) is 0 Å². The molecule has 2 heteroatoms. The summed E-state index contributed by atoms with van der Waals surface area (Å²) in [7, 11) is 0. The van der Waals surface area contributed by atoms with Crippen molar-refractivity contribution in [1.82, 2.24) is 0 Å². The standard InChI is InChI=1S/C8H9NO/c1-6-7(5-9)3-2-4-8(6)10/h7H,1-4H2. The molecule has 0 saturated heterocycles. The molecule has 1 aliphatic carbocycles. The van der Waals surface area contributed by atoms with Crippen molar-refractivity contribution in [2.24, 2.45) is 5.92 Å². The SMILES string of the molecule is C=C1C(=O)CCCC1C#N. The van der Waals surface area contributed by atoms with Crippen LogP contribution in [0.25, 0.3) is 0 Å². The van der Waals surface area contributed by atoms with Gasteiger partial charge in [-0.1, -0.05) is 6.58 Å². The first-order valence-electron chi connectivity index (χ1n) is 3.37. The van der Waals surface area contributed by atoms with Crippen molar-refractivity contribution in [3.63, 3.8) is 0 Å². The Hall–Kier alpha value is -1.10. The molecule has 0 heterocycles. The van der Waals surface area contributed by atoms with Gasteiger partial charge in [0.15, 0.2) is 5.78 Å². The van der Waals surface area contributed by atoms with E-state index in [2.05, 4.69) is 12.6 Å². The Kier molecular flexibility index (Phi) is 1.86. The van der Waals surface area contributed by atoms with Gasteiger partial charge in [0.2, 0.25) is 0 Å². The Balaban J connectivity index is 2.71. The second-order valence-electron chi connectivity index (χ2n) is 2.52. The Morgan fingerprint density at radius 1 is 1.70 bits per heavy atom. The molecule has 10 heavy (non-hydrogen) atoms. The number of hydrogen-bond acceptors (Lipinski definition) is 2. The lowest BCUT2D eigenvalue weighted by molar-refractivity contribution is -0.116. The fourth-order valence-electron chi connectivity index (χ4n) is 1.14. The average Bonchev–Trinajstić information content (AvgIpc) is 1.95. The number of allylic oxidation sites excluding steroid dienone is 1. The highest BCUT2D eigenvalue weighted by Gasteiger charge is 2.22. The maximum atomic E-state index is 10.9. The molecule has 1 fully saturated rings. The highest BCUT2D eigenvalue weighted by Crippen LogP contribution is 2.24. The third-order valence-electron chi connectivity index (χ3n) is 1.83. The Morgan fingerprint density at radius 2 is 2.40 bits per heavy atom. The van der Waals surface area contributed by atoms with E-state index < -0.39 is 0 Å². The fourth-order valence-corrected chi connectivity index (χ4v) is 1.14. The number of carbonyl (C=O) groups excluding carboxylic acids is 1. The van der Waals surface area contributed by atoms with E-state index in [1.54, 1.807) is 0 Å². The minimum absolute atomic E-state index is 0.0674. The molecule has 0 aromatic carbocycles. The molecule has 0 aliphatic heterocycles. The lowest BCUT2D eigenvalue weighted by Crippen LogP contribution is -2.16. The lowest BCUT2D eigenvalue weighted by atomic mass is 9.85. The summed E-state index contributed by atoms with van der Waals surface area (Å²) in [5.74, 6) is -0.140. The van der Waals surface area contributed by atoms with Crippen LogP contribution in [-0.2, 0) is 4.79 Å². The van der Waals surface area contributed by atoms with Gasteiger partial charge in [0.1, 0.15) is 0 Å². The molecule has 0 N–H and O–H groups in total. The van der Waals surface area contributed by atoms with Crippen molar-refractivity contribution in [2.75, 3.05) is 0 Å². The third kappa shape index (κ3) is 1.08. The van der Waals surface area contributed by atoms with Gasteiger partial charge in [0.25, 0.3) is 0 Å². The van der Waals surface area contributed by atoms with Gasteiger partial charge in [0.05, 0.1) is 12.0 Å². The zero-order chi connectivity index (χ0) is 7.56. The quantitative estimate of drug-likeness (QED) is 0.471. The first-order valence-corrected chi connectivity index (χ1v) is 3.37. The van der Waals surface area contributed by atoms with E-state index in [1.807, 2.05) is 0 Å². The predicted octanol–water partition coefficient (Wildman–Crippen LogP) is 1.44. The third-order valence-corrected chi connectivity index (χ3v) is 1.83. The number of nitrogens with zero attached hydrogens (tertiary/aromatic N) is 1. The molecular formula is C8H9NO. The van der Waals surface area contributed by atoms with E-state index >= 15 is 0 Å². The van der Waals surface area contributed by atoms with E-state index in [9.17, 15) is 4.79 Å². The first-order chi connectivity index (χ1) is 4.75. The second kappa shape index (κ2) is 2.66. The van der Waals surface area contributed by atoms with Crippen molar-refractivity contribution >= 4 is 5.78 Å². The topological polar surface area (TPSA) is 40.9 Å². The summed E-state index contributed by atoms with van der Waals surface area (Å²) < 4.78 is 0. The summed E-state index contributed by atoms with van der Waals surface area (Å²) >= 11 is 0. The zero-order valence-electron chi connectivity index (χ0n) is 5.76. The van der Waals surface area contributed by atoms with Gasteiger partial charge >= 0.3 is 0 Å². The van der Waals surface area contributed by atoms with Gasteiger partial charge in [-0.2, -0.15) is 5.26 Å². The number of ketones is 1. The van der Waals surface area contributed by atoms with E-state index in [4.69, 9.17) is 5.26 Å². The van der Waals surface area contributed by atoms with Gasteiger partial charge in [-0.3, -0.25) is 4.79 Å². The van der Waals surface area contributed by atoms with E-state index in [1.165, 1.54) is 0 Å². The lowest BCUT2D eigenvalue weighted by Gasteiger charge is -2.15. The second-order valence-corrected chi connectivity index (χ2v) is 2.52. The number of Topliss-reactive ketones (excluding diaryl/α,β-unsaturated/α-hetero) is 1. The van der Waals surface area contributed by atoms with Crippen LogP contribution in [0.4, 0.5) is 0 Å². The largest absolute Gasteiger partial charge is 0.295 e. The number of hydrogen-bond donors (Lipinski definition) is 0. The monoisotopic (exact) mass is 135 g/mol. The Labute approximate surface area is 60.2 Å². The van der Waals surface area contributed by atoms with Crippen LogP contribution in [0.2, 0.25) is 0 Å². The summed E-state index contributed by atoms with van der Waals surface area (Å²) in [5.41, 5.74) is 0.508. The molecule has 2 nitrogen and oxygen atoms in total. The van der Waals surface area contributed by atoms with Crippen LogP contribution in [0.3, 0.4) is 0 Å². The van der Waals surface area contributed by atoms with Crippen molar-refractivity contribution in [3.05, 3.63) is 12.2 Å². The normalized spacial score (nSPS) is 26.1. The first kappa shape index (κ1) is 7.01. The van der Waals surface area contributed by atoms with Crippen LogP contribution in [-0.4, -0.2) is 5.78 Å². The average molecular weight is 135 g/mol. The molecule has 0 radical (unpaired) electrons.